The van der Waals surface area contributed by atoms with E-state index in [-0.39, 0.29) is 12.1 Å². The van der Waals surface area contributed by atoms with Crippen LogP contribution >= 0.6 is 0 Å². The average molecular weight is 305 g/mol. The molecule has 2 amide bonds. The van der Waals surface area contributed by atoms with Gasteiger partial charge in [0.25, 0.3) is 0 Å². The highest BCUT2D eigenvalue weighted by Crippen LogP contribution is 2.32. The fourth-order valence-corrected chi connectivity index (χ4v) is 3.67. The Bertz CT molecular complexity index is 506. The molecule has 1 aromatic heterocycles. The summed E-state index contributed by atoms with van der Waals surface area (Å²) in [6.45, 7) is 5.05. The molecule has 0 spiro atoms. The SMILES string of the molecule is CC(C)n1cnnc1C1CCCN1C(=O)NC1CCCCC1. The number of amides is 2. The Hall–Kier alpha value is -1.59. The Labute approximate surface area is 132 Å². The Kier molecular flexibility index (Phi) is 4.64. The second-order valence-corrected chi connectivity index (χ2v) is 6.83. The van der Waals surface area contributed by atoms with Crippen molar-refractivity contribution < 1.29 is 4.79 Å². The molecule has 6 heteroatoms. The lowest BCUT2D eigenvalue weighted by Crippen LogP contribution is -2.45. The van der Waals surface area contributed by atoms with Crippen molar-refractivity contribution in [2.24, 2.45) is 0 Å². The minimum absolute atomic E-state index is 0.0634. The molecule has 3 rings (SSSR count). The number of urea groups is 1. The third-order valence-corrected chi connectivity index (χ3v) is 4.90. The molecule has 2 heterocycles. The van der Waals surface area contributed by atoms with E-state index in [1.807, 2.05) is 4.90 Å². The number of carbonyl (C=O) groups is 1. The third-order valence-electron chi connectivity index (χ3n) is 4.90. The van der Waals surface area contributed by atoms with Gasteiger partial charge < -0.3 is 14.8 Å². The van der Waals surface area contributed by atoms with Gasteiger partial charge in [0.15, 0.2) is 5.82 Å². The van der Waals surface area contributed by atoms with Crippen molar-refractivity contribution >= 4 is 6.03 Å². The van der Waals surface area contributed by atoms with Gasteiger partial charge in [-0.15, -0.1) is 10.2 Å². The van der Waals surface area contributed by atoms with Gasteiger partial charge in [0.1, 0.15) is 6.33 Å². The van der Waals surface area contributed by atoms with Crippen LogP contribution in [0.15, 0.2) is 6.33 Å². The van der Waals surface area contributed by atoms with Gasteiger partial charge in [0.2, 0.25) is 0 Å². The minimum Gasteiger partial charge on any atom is -0.335 e. The highest BCUT2D eigenvalue weighted by Gasteiger charge is 2.34. The fourth-order valence-electron chi connectivity index (χ4n) is 3.67. The van der Waals surface area contributed by atoms with E-state index >= 15 is 0 Å². The molecular formula is C16H27N5O. The van der Waals surface area contributed by atoms with E-state index < -0.39 is 0 Å². The van der Waals surface area contributed by atoms with Crippen molar-refractivity contribution in [1.82, 2.24) is 25.0 Å². The average Bonchev–Trinajstić information content (AvgIpc) is 3.16. The smallest absolute Gasteiger partial charge is 0.318 e. The molecule has 0 radical (unpaired) electrons. The van der Waals surface area contributed by atoms with E-state index in [1.54, 1.807) is 6.33 Å². The van der Waals surface area contributed by atoms with E-state index in [4.69, 9.17) is 0 Å². The van der Waals surface area contributed by atoms with Crippen molar-refractivity contribution in [3.05, 3.63) is 12.2 Å². The molecule has 1 saturated carbocycles. The molecule has 1 atom stereocenters. The van der Waals surface area contributed by atoms with Crippen LogP contribution in [0.4, 0.5) is 4.79 Å². The summed E-state index contributed by atoms with van der Waals surface area (Å²) in [6.07, 6.45) is 9.79. The first-order valence-corrected chi connectivity index (χ1v) is 8.63. The number of aromatic nitrogens is 3. The number of likely N-dealkylation sites (tertiary alicyclic amines) is 1. The van der Waals surface area contributed by atoms with Gasteiger partial charge in [-0.05, 0) is 39.5 Å². The first-order chi connectivity index (χ1) is 10.7. The zero-order valence-electron chi connectivity index (χ0n) is 13.7. The topological polar surface area (TPSA) is 63.1 Å². The summed E-state index contributed by atoms with van der Waals surface area (Å²) in [5, 5.41) is 11.6. The number of hydrogen-bond donors (Lipinski definition) is 1. The summed E-state index contributed by atoms with van der Waals surface area (Å²) in [5.74, 6) is 0.922. The van der Waals surface area contributed by atoms with Crippen LogP contribution in [0.5, 0.6) is 0 Å². The first kappa shape index (κ1) is 15.3. The maximum absolute atomic E-state index is 12.7. The minimum atomic E-state index is 0.0634. The van der Waals surface area contributed by atoms with Gasteiger partial charge in [0.05, 0.1) is 6.04 Å². The third kappa shape index (κ3) is 3.10. The summed E-state index contributed by atoms with van der Waals surface area (Å²) in [5.41, 5.74) is 0. The summed E-state index contributed by atoms with van der Waals surface area (Å²) >= 11 is 0. The summed E-state index contributed by atoms with van der Waals surface area (Å²) in [4.78, 5) is 14.6. The molecule has 22 heavy (non-hydrogen) atoms. The van der Waals surface area contributed by atoms with Crippen molar-refractivity contribution in [2.45, 2.75) is 76.9 Å². The van der Waals surface area contributed by atoms with Crippen molar-refractivity contribution in [2.75, 3.05) is 6.54 Å². The molecule has 1 unspecified atom stereocenters. The van der Waals surface area contributed by atoms with E-state index in [9.17, 15) is 4.79 Å². The molecule has 2 aliphatic rings. The molecule has 0 aromatic carbocycles. The fraction of sp³-hybridized carbons (Fsp3) is 0.812. The van der Waals surface area contributed by atoms with Crippen LogP contribution < -0.4 is 5.32 Å². The van der Waals surface area contributed by atoms with E-state index in [2.05, 4.69) is 33.9 Å². The lowest BCUT2D eigenvalue weighted by Gasteiger charge is -2.29. The van der Waals surface area contributed by atoms with Gasteiger partial charge in [-0.2, -0.15) is 0 Å². The zero-order chi connectivity index (χ0) is 15.5. The molecule has 122 valence electrons. The highest BCUT2D eigenvalue weighted by molar-refractivity contribution is 5.75. The normalized spacial score (nSPS) is 23.2. The standard InChI is InChI=1S/C16H27N5O/c1-12(2)21-11-17-19-15(21)14-9-6-10-20(14)16(22)18-13-7-4-3-5-8-13/h11-14H,3-10H2,1-2H3,(H,18,22). The molecule has 2 fully saturated rings. The number of rotatable bonds is 3. The maximum Gasteiger partial charge on any atom is 0.318 e. The number of hydrogen-bond acceptors (Lipinski definition) is 3. The largest absolute Gasteiger partial charge is 0.335 e. The second-order valence-electron chi connectivity index (χ2n) is 6.83. The number of carbonyl (C=O) groups excluding carboxylic acids is 1. The quantitative estimate of drug-likeness (QED) is 0.933. The van der Waals surface area contributed by atoms with E-state index in [0.29, 0.717) is 12.1 Å². The van der Waals surface area contributed by atoms with Gasteiger partial charge >= 0.3 is 6.03 Å². The Morgan fingerprint density at radius 1 is 1.23 bits per heavy atom. The molecule has 0 bridgehead atoms. The second kappa shape index (κ2) is 6.67. The maximum atomic E-state index is 12.7. The Balaban J connectivity index is 1.69. The van der Waals surface area contributed by atoms with Crippen LogP contribution in [0.25, 0.3) is 0 Å². The van der Waals surface area contributed by atoms with Crippen LogP contribution in [-0.2, 0) is 0 Å². The highest BCUT2D eigenvalue weighted by atomic mass is 16.2. The zero-order valence-corrected chi connectivity index (χ0v) is 13.7. The monoisotopic (exact) mass is 305 g/mol. The molecular weight excluding hydrogens is 278 g/mol. The Morgan fingerprint density at radius 3 is 2.73 bits per heavy atom. The van der Waals surface area contributed by atoms with Gasteiger partial charge in [-0.3, -0.25) is 0 Å². The predicted molar refractivity (Wildman–Crippen MR) is 84.5 cm³/mol. The number of nitrogens with one attached hydrogen (secondary N) is 1. The van der Waals surface area contributed by atoms with Crippen molar-refractivity contribution in [3.63, 3.8) is 0 Å². The summed E-state index contributed by atoms with van der Waals surface area (Å²) in [6, 6.07) is 0.806. The molecule has 1 aliphatic heterocycles. The molecule has 1 N–H and O–H groups in total. The van der Waals surface area contributed by atoms with Gasteiger partial charge in [-0.25, -0.2) is 4.79 Å². The number of nitrogens with zero attached hydrogens (tertiary/aromatic N) is 4. The van der Waals surface area contributed by atoms with Crippen molar-refractivity contribution in [3.8, 4) is 0 Å². The molecule has 1 aliphatic carbocycles. The summed E-state index contributed by atoms with van der Waals surface area (Å²) in [7, 11) is 0. The van der Waals surface area contributed by atoms with Gasteiger partial charge in [0, 0.05) is 18.6 Å². The van der Waals surface area contributed by atoms with E-state index in [1.165, 1.54) is 19.3 Å². The van der Waals surface area contributed by atoms with Crippen LogP contribution in [0.1, 0.15) is 76.7 Å². The molecule has 6 nitrogen and oxygen atoms in total. The van der Waals surface area contributed by atoms with Crippen LogP contribution in [-0.4, -0.2) is 38.3 Å². The lowest BCUT2D eigenvalue weighted by molar-refractivity contribution is 0.182. The first-order valence-electron chi connectivity index (χ1n) is 8.63. The lowest BCUT2D eigenvalue weighted by atomic mass is 9.96. The predicted octanol–water partition coefficient (Wildman–Crippen LogP) is 3.04. The van der Waals surface area contributed by atoms with Crippen molar-refractivity contribution in [1.29, 1.82) is 0 Å². The summed E-state index contributed by atoms with van der Waals surface area (Å²) < 4.78 is 2.08. The van der Waals surface area contributed by atoms with Crippen LogP contribution in [0.3, 0.4) is 0 Å². The molecule has 1 aromatic rings. The van der Waals surface area contributed by atoms with Crippen LogP contribution in [0, 0.1) is 0 Å². The Morgan fingerprint density at radius 2 is 2.00 bits per heavy atom. The molecule has 1 saturated heterocycles. The van der Waals surface area contributed by atoms with E-state index in [0.717, 1.165) is 38.1 Å². The van der Waals surface area contributed by atoms with Gasteiger partial charge in [-0.1, -0.05) is 19.3 Å². The van der Waals surface area contributed by atoms with Crippen LogP contribution in [0.2, 0.25) is 0 Å².